The summed E-state index contributed by atoms with van der Waals surface area (Å²) in [4.78, 5) is 4.66. The van der Waals surface area contributed by atoms with Crippen molar-refractivity contribution in [1.29, 1.82) is 0 Å². The number of hydrogen-bond acceptors (Lipinski definition) is 4. The van der Waals surface area contributed by atoms with Crippen molar-refractivity contribution in [2.75, 3.05) is 13.2 Å². The summed E-state index contributed by atoms with van der Waals surface area (Å²) < 4.78 is 22.0. The van der Waals surface area contributed by atoms with Gasteiger partial charge in [0, 0.05) is 12.2 Å². The molecule has 1 saturated carbocycles. The normalized spacial score (nSPS) is 14.3. The molecule has 9 heteroatoms. The number of halogens is 2. The lowest BCUT2D eigenvalue weighted by molar-refractivity contribution is 0.285. The monoisotopic (exact) mass is 564 g/mol. The van der Waals surface area contributed by atoms with E-state index in [1.54, 1.807) is 12.4 Å². The molecule has 0 spiro atoms. The van der Waals surface area contributed by atoms with Gasteiger partial charge in [0.05, 0.1) is 12.6 Å². The van der Waals surface area contributed by atoms with Crippen LogP contribution in [0.5, 0.6) is 5.75 Å². The Kier molecular flexibility index (Phi) is 9.04. The summed E-state index contributed by atoms with van der Waals surface area (Å²) in [6.45, 7) is 5.61. The number of rotatable bonds is 9. The molecule has 3 aromatic rings. The van der Waals surface area contributed by atoms with Gasteiger partial charge in [-0.1, -0.05) is 24.3 Å². The third-order valence-corrected chi connectivity index (χ3v) is 5.36. The number of nitrogens with one attached hydrogen (secondary N) is 2. The van der Waals surface area contributed by atoms with Gasteiger partial charge in [0.1, 0.15) is 12.9 Å². The zero-order valence-corrected chi connectivity index (χ0v) is 21.2. The number of nitrogens with zero attached hydrogens (tertiary/aromatic N) is 4. The third kappa shape index (κ3) is 6.89. The van der Waals surface area contributed by atoms with Crippen molar-refractivity contribution in [2.24, 2.45) is 10.9 Å². The summed E-state index contributed by atoms with van der Waals surface area (Å²) >= 11 is 0. The van der Waals surface area contributed by atoms with Gasteiger partial charge >= 0.3 is 0 Å². The summed E-state index contributed by atoms with van der Waals surface area (Å²) in [6, 6.07) is 14.9. The standard InChI is InChI=1S/C24H29FN6O.HI/c1-3-26-24(27-14-23-30-28-16-31(23)20-7-5-4-6-8-20)29-17(2)19-11-12-22(21(25)13-19)32-15-18-9-10-18;/h4-8,11-13,16-18H,3,9-10,14-15H2,1-2H3,(H2,26,27,29);1H. The van der Waals surface area contributed by atoms with Gasteiger partial charge in [-0.15, -0.1) is 34.2 Å². The maximum Gasteiger partial charge on any atom is 0.192 e. The first-order chi connectivity index (χ1) is 15.6. The van der Waals surface area contributed by atoms with Gasteiger partial charge in [-0.2, -0.15) is 0 Å². The lowest BCUT2D eigenvalue weighted by atomic mass is 10.1. The Bertz CT molecular complexity index is 1050. The van der Waals surface area contributed by atoms with E-state index < -0.39 is 0 Å². The molecule has 2 aromatic carbocycles. The highest BCUT2D eigenvalue weighted by Gasteiger charge is 2.22. The van der Waals surface area contributed by atoms with Crippen LogP contribution in [-0.4, -0.2) is 33.9 Å². The van der Waals surface area contributed by atoms with E-state index >= 15 is 0 Å². The van der Waals surface area contributed by atoms with Gasteiger partial charge in [0.25, 0.3) is 0 Å². The quantitative estimate of drug-likeness (QED) is 0.225. The van der Waals surface area contributed by atoms with Crippen LogP contribution in [0.3, 0.4) is 0 Å². The molecule has 0 radical (unpaired) electrons. The molecule has 1 aromatic heterocycles. The predicted octanol–water partition coefficient (Wildman–Crippen LogP) is 4.63. The summed E-state index contributed by atoms with van der Waals surface area (Å²) in [5.41, 5.74) is 1.80. The Morgan fingerprint density at radius 3 is 2.73 bits per heavy atom. The maximum atomic E-state index is 14.5. The average molecular weight is 564 g/mol. The fraction of sp³-hybridized carbons (Fsp3) is 0.375. The minimum absolute atomic E-state index is 0. The van der Waals surface area contributed by atoms with E-state index in [4.69, 9.17) is 4.74 Å². The molecular formula is C24H30FIN6O. The van der Waals surface area contributed by atoms with Crippen LogP contribution < -0.4 is 15.4 Å². The maximum absolute atomic E-state index is 14.5. The number of aromatic nitrogens is 3. The largest absolute Gasteiger partial charge is 0.490 e. The molecule has 1 aliphatic carbocycles. The summed E-state index contributed by atoms with van der Waals surface area (Å²) in [5, 5.41) is 14.8. The van der Waals surface area contributed by atoms with E-state index in [2.05, 4.69) is 25.8 Å². The highest BCUT2D eigenvalue weighted by atomic mass is 127. The van der Waals surface area contributed by atoms with Gasteiger partial charge in [-0.25, -0.2) is 9.38 Å². The Morgan fingerprint density at radius 2 is 2.03 bits per heavy atom. The molecule has 0 saturated heterocycles. The second-order valence-electron chi connectivity index (χ2n) is 7.96. The molecule has 2 N–H and O–H groups in total. The number of hydrogen-bond donors (Lipinski definition) is 2. The lowest BCUT2D eigenvalue weighted by Crippen LogP contribution is -2.38. The van der Waals surface area contributed by atoms with Crippen LogP contribution in [0, 0.1) is 11.7 Å². The molecule has 1 unspecified atom stereocenters. The number of aliphatic imine (C=N–C) groups is 1. The number of ether oxygens (including phenoxy) is 1. The Morgan fingerprint density at radius 1 is 1.24 bits per heavy atom. The Hall–Kier alpha value is -2.69. The van der Waals surface area contributed by atoms with Gasteiger partial charge in [0.2, 0.25) is 0 Å². The van der Waals surface area contributed by atoms with E-state index in [0.717, 1.165) is 17.1 Å². The third-order valence-electron chi connectivity index (χ3n) is 5.36. The molecule has 4 rings (SSSR count). The molecule has 1 fully saturated rings. The van der Waals surface area contributed by atoms with Crippen molar-refractivity contribution < 1.29 is 9.13 Å². The topological polar surface area (TPSA) is 76.4 Å². The predicted molar refractivity (Wildman–Crippen MR) is 138 cm³/mol. The van der Waals surface area contributed by atoms with E-state index in [-0.39, 0.29) is 35.8 Å². The van der Waals surface area contributed by atoms with E-state index in [1.807, 2.05) is 54.8 Å². The molecule has 0 aliphatic heterocycles. The van der Waals surface area contributed by atoms with Crippen molar-refractivity contribution in [1.82, 2.24) is 25.4 Å². The van der Waals surface area contributed by atoms with Gasteiger partial charge in [-0.05, 0) is 62.4 Å². The zero-order valence-electron chi connectivity index (χ0n) is 18.9. The van der Waals surface area contributed by atoms with Crippen LogP contribution in [0.2, 0.25) is 0 Å². The molecule has 0 bridgehead atoms. The summed E-state index contributed by atoms with van der Waals surface area (Å²) in [5.74, 6) is 1.91. The minimum atomic E-state index is -0.338. The van der Waals surface area contributed by atoms with Crippen LogP contribution in [0.1, 0.15) is 44.1 Å². The number of benzene rings is 2. The number of para-hydroxylation sites is 1. The fourth-order valence-electron chi connectivity index (χ4n) is 3.32. The molecule has 7 nitrogen and oxygen atoms in total. The molecule has 176 valence electrons. The van der Waals surface area contributed by atoms with Crippen molar-refractivity contribution >= 4 is 29.9 Å². The zero-order chi connectivity index (χ0) is 22.3. The van der Waals surface area contributed by atoms with Gasteiger partial charge in [-0.3, -0.25) is 4.57 Å². The summed E-state index contributed by atoms with van der Waals surface area (Å²) in [7, 11) is 0. The first-order valence-electron chi connectivity index (χ1n) is 11.1. The fourth-order valence-corrected chi connectivity index (χ4v) is 3.32. The van der Waals surface area contributed by atoms with Crippen molar-refractivity contribution in [3.05, 3.63) is 72.1 Å². The first-order valence-corrected chi connectivity index (χ1v) is 11.1. The average Bonchev–Trinajstić information content (AvgIpc) is 3.52. The molecule has 1 aliphatic rings. The molecule has 1 heterocycles. The van der Waals surface area contributed by atoms with Crippen LogP contribution in [0.15, 0.2) is 59.9 Å². The van der Waals surface area contributed by atoms with Crippen LogP contribution in [0.25, 0.3) is 5.69 Å². The first kappa shape index (κ1) is 24.9. The molecule has 33 heavy (non-hydrogen) atoms. The van der Waals surface area contributed by atoms with Crippen molar-refractivity contribution in [3.63, 3.8) is 0 Å². The van der Waals surface area contributed by atoms with E-state index in [9.17, 15) is 4.39 Å². The molecule has 0 amide bonds. The lowest BCUT2D eigenvalue weighted by Gasteiger charge is -2.19. The minimum Gasteiger partial charge on any atom is -0.490 e. The number of guanidine groups is 1. The highest BCUT2D eigenvalue weighted by molar-refractivity contribution is 14.0. The summed E-state index contributed by atoms with van der Waals surface area (Å²) in [6.07, 6.45) is 4.03. The van der Waals surface area contributed by atoms with Gasteiger partial charge < -0.3 is 15.4 Å². The van der Waals surface area contributed by atoms with Crippen LogP contribution in [0.4, 0.5) is 4.39 Å². The van der Waals surface area contributed by atoms with E-state index in [0.29, 0.717) is 37.3 Å². The SMILES string of the molecule is CCNC(=NCc1nncn1-c1ccccc1)NC(C)c1ccc(OCC2CC2)c(F)c1.I. The second kappa shape index (κ2) is 12.0. The second-order valence-corrected chi connectivity index (χ2v) is 7.96. The molecule has 1 atom stereocenters. The van der Waals surface area contributed by atoms with Crippen LogP contribution >= 0.6 is 24.0 Å². The Labute approximate surface area is 210 Å². The van der Waals surface area contributed by atoms with Crippen LogP contribution in [-0.2, 0) is 6.54 Å². The van der Waals surface area contributed by atoms with Crippen molar-refractivity contribution in [2.45, 2.75) is 39.3 Å². The molecular weight excluding hydrogens is 534 g/mol. The van der Waals surface area contributed by atoms with Crippen molar-refractivity contribution in [3.8, 4) is 11.4 Å². The highest BCUT2D eigenvalue weighted by Crippen LogP contribution is 2.30. The Balaban J connectivity index is 0.00000306. The smallest absolute Gasteiger partial charge is 0.192 e. The van der Waals surface area contributed by atoms with Gasteiger partial charge in [0.15, 0.2) is 23.4 Å². The van der Waals surface area contributed by atoms with E-state index in [1.165, 1.54) is 18.9 Å².